The van der Waals surface area contributed by atoms with Crippen molar-refractivity contribution in [1.29, 1.82) is 0 Å². The van der Waals surface area contributed by atoms with Gasteiger partial charge in [0.15, 0.2) is 17.4 Å². The predicted octanol–water partition coefficient (Wildman–Crippen LogP) is 2.29. The molecule has 4 aromatic rings. The van der Waals surface area contributed by atoms with E-state index >= 15 is 0 Å². The second kappa shape index (κ2) is 8.51. The average Bonchev–Trinajstić information content (AvgIpc) is 3.33. The number of H-pyrrole nitrogens is 1. The first kappa shape index (κ1) is 18.0. The van der Waals surface area contributed by atoms with Gasteiger partial charge in [-0.05, 0) is 37.6 Å². The molecule has 0 spiro atoms. The Balaban J connectivity index is 1.32. The van der Waals surface area contributed by atoms with E-state index in [-0.39, 0.29) is 0 Å². The molecule has 0 fully saturated rings. The summed E-state index contributed by atoms with van der Waals surface area (Å²) >= 11 is 0. The van der Waals surface area contributed by atoms with Crippen LogP contribution in [0.4, 0.5) is 0 Å². The zero-order valence-corrected chi connectivity index (χ0v) is 15.9. The van der Waals surface area contributed by atoms with Crippen LogP contribution >= 0.6 is 0 Å². The van der Waals surface area contributed by atoms with Crippen LogP contribution in [0.2, 0.25) is 0 Å². The molecule has 0 radical (unpaired) electrons. The van der Waals surface area contributed by atoms with Crippen molar-refractivity contribution in [2.45, 2.75) is 26.3 Å². The molecule has 0 aliphatic carbocycles. The zero-order valence-electron chi connectivity index (χ0n) is 15.9. The molecule has 0 aliphatic rings. The molecule has 8 nitrogen and oxygen atoms in total. The van der Waals surface area contributed by atoms with Gasteiger partial charge in [0, 0.05) is 25.7 Å². The van der Waals surface area contributed by atoms with Gasteiger partial charge in [0.25, 0.3) is 0 Å². The average molecular weight is 376 g/mol. The highest BCUT2D eigenvalue weighted by Gasteiger charge is 2.05. The fourth-order valence-corrected chi connectivity index (χ4v) is 3.08. The van der Waals surface area contributed by atoms with Crippen molar-refractivity contribution in [3.63, 3.8) is 0 Å². The van der Waals surface area contributed by atoms with Crippen LogP contribution in [-0.4, -0.2) is 43.6 Å². The van der Waals surface area contributed by atoms with E-state index in [0.717, 1.165) is 60.2 Å². The van der Waals surface area contributed by atoms with Gasteiger partial charge in [-0.1, -0.05) is 18.2 Å². The molecular formula is C20H24N8. The Morgan fingerprint density at radius 1 is 1.11 bits per heavy atom. The van der Waals surface area contributed by atoms with Crippen LogP contribution < -0.4 is 10.6 Å². The number of nitrogens with one attached hydrogen (secondary N) is 3. The van der Waals surface area contributed by atoms with Gasteiger partial charge in [0.1, 0.15) is 12.4 Å². The number of aryl methyl sites for hydroxylation is 1. The van der Waals surface area contributed by atoms with Gasteiger partial charge in [0.2, 0.25) is 0 Å². The lowest BCUT2D eigenvalue weighted by molar-refractivity contribution is 0.724. The second-order valence-electron chi connectivity index (χ2n) is 6.47. The molecule has 144 valence electrons. The van der Waals surface area contributed by atoms with Crippen LogP contribution in [0.5, 0.6) is 0 Å². The van der Waals surface area contributed by atoms with E-state index in [1.165, 1.54) is 0 Å². The van der Waals surface area contributed by atoms with Gasteiger partial charge in [-0.25, -0.2) is 9.98 Å². The van der Waals surface area contributed by atoms with Gasteiger partial charge in [-0.15, -0.1) is 10.2 Å². The van der Waals surface area contributed by atoms with E-state index in [2.05, 4.69) is 42.7 Å². The number of pyridine rings is 1. The Morgan fingerprint density at radius 3 is 2.89 bits per heavy atom. The summed E-state index contributed by atoms with van der Waals surface area (Å²) in [6.45, 7) is 4.13. The molecule has 0 bridgehead atoms. The van der Waals surface area contributed by atoms with Crippen molar-refractivity contribution in [3.05, 3.63) is 60.3 Å². The third kappa shape index (κ3) is 4.11. The normalized spacial score (nSPS) is 12.0. The lowest BCUT2D eigenvalue weighted by Crippen LogP contribution is -2.38. The number of para-hydroxylation sites is 2. The highest BCUT2D eigenvalue weighted by Crippen LogP contribution is 2.11. The van der Waals surface area contributed by atoms with Crippen molar-refractivity contribution in [1.82, 2.24) is 35.2 Å². The molecule has 28 heavy (non-hydrogen) atoms. The summed E-state index contributed by atoms with van der Waals surface area (Å²) in [4.78, 5) is 12.6. The molecule has 0 amide bonds. The van der Waals surface area contributed by atoms with Crippen LogP contribution in [0.1, 0.15) is 25.0 Å². The minimum Gasteiger partial charge on any atom is -0.357 e. The summed E-state index contributed by atoms with van der Waals surface area (Å²) in [6, 6.07) is 13.9. The van der Waals surface area contributed by atoms with E-state index in [9.17, 15) is 0 Å². The first-order valence-electron chi connectivity index (χ1n) is 9.58. The highest BCUT2D eigenvalue weighted by atomic mass is 15.3. The number of imidazole rings is 1. The summed E-state index contributed by atoms with van der Waals surface area (Å²) in [5, 5.41) is 15.0. The van der Waals surface area contributed by atoms with E-state index in [1.807, 2.05) is 53.1 Å². The molecule has 0 aliphatic heterocycles. The number of aromatic amines is 1. The fourth-order valence-electron chi connectivity index (χ4n) is 3.08. The van der Waals surface area contributed by atoms with Crippen LogP contribution in [0.3, 0.4) is 0 Å². The molecule has 0 unspecified atom stereocenters. The van der Waals surface area contributed by atoms with Crippen molar-refractivity contribution in [2.24, 2.45) is 4.99 Å². The fraction of sp³-hybridized carbons (Fsp3) is 0.300. The lowest BCUT2D eigenvalue weighted by Gasteiger charge is -2.10. The lowest BCUT2D eigenvalue weighted by atomic mass is 10.3. The Kier molecular flexibility index (Phi) is 5.46. The van der Waals surface area contributed by atoms with Gasteiger partial charge in [-0.2, -0.15) is 0 Å². The topological polar surface area (TPSA) is 95.3 Å². The van der Waals surface area contributed by atoms with E-state index in [4.69, 9.17) is 0 Å². The summed E-state index contributed by atoms with van der Waals surface area (Å²) in [5.74, 6) is 2.61. The number of hydrogen-bond donors (Lipinski definition) is 3. The zero-order chi connectivity index (χ0) is 19.2. The van der Waals surface area contributed by atoms with Crippen molar-refractivity contribution < 1.29 is 0 Å². The molecule has 3 heterocycles. The molecule has 4 rings (SSSR count). The first-order valence-corrected chi connectivity index (χ1v) is 9.58. The number of nitrogens with zero attached hydrogens (tertiary/aromatic N) is 5. The summed E-state index contributed by atoms with van der Waals surface area (Å²) < 4.78 is 1.95. The second-order valence-corrected chi connectivity index (χ2v) is 6.47. The van der Waals surface area contributed by atoms with Crippen LogP contribution in [-0.2, 0) is 13.0 Å². The minimum absolute atomic E-state index is 0.462. The third-order valence-corrected chi connectivity index (χ3v) is 4.43. The molecule has 0 saturated carbocycles. The van der Waals surface area contributed by atoms with E-state index in [0.29, 0.717) is 6.54 Å². The van der Waals surface area contributed by atoms with Gasteiger partial charge in [0.05, 0.1) is 11.0 Å². The van der Waals surface area contributed by atoms with E-state index < -0.39 is 0 Å². The third-order valence-electron chi connectivity index (χ3n) is 4.43. The molecule has 8 heteroatoms. The number of fused-ring (bicyclic) bond motifs is 2. The largest absolute Gasteiger partial charge is 0.357 e. The van der Waals surface area contributed by atoms with Crippen LogP contribution in [0, 0.1) is 0 Å². The molecule has 1 aromatic carbocycles. The first-order chi connectivity index (χ1) is 13.8. The maximum Gasteiger partial charge on any atom is 0.191 e. The molecule has 3 N–H and O–H groups in total. The van der Waals surface area contributed by atoms with Gasteiger partial charge >= 0.3 is 0 Å². The minimum atomic E-state index is 0.462. The van der Waals surface area contributed by atoms with Crippen LogP contribution in [0.15, 0.2) is 53.7 Å². The standard InChI is InChI=1S/C20H24N8/c1-2-21-20(23-14-19-27-26-18-11-5-6-13-28(18)19)22-12-7-10-17-24-15-8-3-4-9-16(15)25-17/h3-6,8-9,11,13H,2,7,10,12,14H2,1H3,(H,24,25)(H2,21,22,23). The Hall–Kier alpha value is -3.42. The Labute approximate surface area is 163 Å². The van der Waals surface area contributed by atoms with Gasteiger partial charge < -0.3 is 15.6 Å². The smallest absolute Gasteiger partial charge is 0.191 e. The summed E-state index contributed by atoms with van der Waals surface area (Å²) in [7, 11) is 0. The predicted molar refractivity (Wildman–Crippen MR) is 110 cm³/mol. The number of benzene rings is 1. The summed E-state index contributed by atoms with van der Waals surface area (Å²) in [6.07, 6.45) is 3.79. The number of guanidine groups is 1. The van der Waals surface area contributed by atoms with Crippen LogP contribution in [0.25, 0.3) is 16.7 Å². The van der Waals surface area contributed by atoms with E-state index in [1.54, 1.807) is 0 Å². The summed E-state index contributed by atoms with van der Waals surface area (Å²) in [5.41, 5.74) is 2.93. The van der Waals surface area contributed by atoms with Gasteiger partial charge in [-0.3, -0.25) is 4.40 Å². The Bertz CT molecular complexity index is 1040. The molecule has 3 aromatic heterocycles. The quantitative estimate of drug-likeness (QED) is 0.261. The SMILES string of the molecule is CCNC(=NCc1nnc2ccccn12)NCCCc1nc2ccccc2[nH]1. The monoisotopic (exact) mass is 376 g/mol. The van der Waals surface area contributed by atoms with Crippen molar-refractivity contribution >= 4 is 22.6 Å². The maximum absolute atomic E-state index is 4.63. The molecule has 0 saturated heterocycles. The Morgan fingerprint density at radius 2 is 2.00 bits per heavy atom. The number of hydrogen-bond acceptors (Lipinski definition) is 4. The molecule has 0 atom stereocenters. The highest BCUT2D eigenvalue weighted by molar-refractivity contribution is 5.79. The maximum atomic E-state index is 4.63. The number of aliphatic imine (C=N–C) groups is 1. The number of rotatable bonds is 7. The molecular weight excluding hydrogens is 352 g/mol. The van der Waals surface area contributed by atoms with Crippen molar-refractivity contribution in [2.75, 3.05) is 13.1 Å². The van der Waals surface area contributed by atoms with Crippen molar-refractivity contribution in [3.8, 4) is 0 Å². The number of aromatic nitrogens is 5.